The Balaban J connectivity index is 1.33. The highest BCUT2D eigenvalue weighted by Gasteiger charge is 2.58. The molecule has 3 aliphatic rings. The summed E-state index contributed by atoms with van der Waals surface area (Å²) in [5.74, 6) is -1.43. The van der Waals surface area contributed by atoms with Crippen LogP contribution in [0.15, 0.2) is 48.6 Å². The van der Waals surface area contributed by atoms with Gasteiger partial charge in [-0.15, -0.1) is 0 Å². The van der Waals surface area contributed by atoms with Gasteiger partial charge in [0.05, 0.1) is 12.0 Å². The van der Waals surface area contributed by atoms with Crippen molar-refractivity contribution < 1.29 is 32.2 Å². The predicted octanol–water partition coefficient (Wildman–Crippen LogP) is 5.26. The molecule has 33 heavy (non-hydrogen) atoms. The summed E-state index contributed by atoms with van der Waals surface area (Å²) >= 11 is 0. The van der Waals surface area contributed by atoms with Gasteiger partial charge in [-0.05, 0) is 68.0 Å². The molecule has 1 aromatic carbocycles. The van der Waals surface area contributed by atoms with E-state index in [2.05, 4.69) is 0 Å². The van der Waals surface area contributed by atoms with E-state index in [1.807, 2.05) is 35.2 Å². The fourth-order valence-electron chi connectivity index (χ4n) is 4.97. The highest BCUT2D eigenvalue weighted by atomic mass is 19.4. The third-order valence-electron chi connectivity index (χ3n) is 7.39. The van der Waals surface area contributed by atoms with Crippen LogP contribution >= 0.6 is 0 Å². The van der Waals surface area contributed by atoms with E-state index in [0.717, 1.165) is 5.56 Å². The summed E-state index contributed by atoms with van der Waals surface area (Å²) in [4.78, 5) is 13.8. The molecule has 0 spiro atoms. The summed E-state index contributed by atoms with van der Waals surface area (Å²) in [5, 5.41) is 9.76. The molecular formula is C25H29F4NO3. The Labute approximate surface area is 190 Å². The number of benzene rings is 1. The molecular weight excluding hydrogens is 438 g/mol. The summed E-state index contributed by atoms with van der Waals surface area (Å²) < 4.78 is 61.2. The molecule has 0 amide bonds. The zero-order valence-electron chi connectivity index (χ0n) is 18.4. The van der Waals surface area contributed by atoms with E-state index in [9.17, 15) is 23.1 Å². The Morgan fingerprint density at radius 2 is 1.82 bits per heavy atom. The molecule has 2 fully saturated rings. The van der Waals surface area contributed by atoms with Crippen molar-refractivity contribution in [2.75, 3.05) is 26.2 Å². The fraction of sp³-hybridized carbons (Fsp3) is 0.560. The number of hydrogen-bond donors (Lipinski definition) is 1. The minimum atomic E-state index is -4.19. The van der Waals surface area contributed by atoms with Crippen LogP contribution in [0.4, 0.5) is 17.6 Å². The number of rotatable bonds is 7. The lowest BCUT2D eigenvalue weighted by atomic mass is 9.67. The molecule has 1 saturated carbocycles. The second-order valence-electron chi connectivity index (χ2n) is 9.48. The molecule has 0 radical (unpaired) electrons. The first kappa shape index (κ1) is 24.0. The van der Waals surface area contributed by atoms with Crippen molar-refractivity contribution in [2.45, 2.75) is 50.1 Å². The maximum absolute atomic E-state index is 15.1. The molecule has 4 rings (SSSR count). The van der Waals surface area contributed by atoms with Gasteiger partial charge in [0, 0.05) is 6.54 Å². The number of nitrogens with zero attached hydrogens (tertiary/aromatic N) is 1. The van der Waals surface area contributed by atoms with Crippen molar-refractivity contribution in [1.82, 2.24) is 4.90 Å². The molecule has 1 aromatic rings. The number of carboxylic acid groups (broad SMARTS) is 1. The van der Waals surface area contributed by atoms with Gasteiger partial charge in [-0.1, -0.05) is 42.8 Å². The lowest BCUT2D eigenvalue weighted by Crippen LogP contribution is -2.53. The first-order chi connectivity index (χ1) is 15.7. The van der Waals surface area contributed by atoms with Gasteiger partial charge in [-0.25, -0.2) is 9.18 Å². The first-order valence-electron chi connectivity index (χ1n) is 11.4. The Kier molecular flexibility index (Phi) is 6.69. The van der Waals surface area contributed by atoms with E-state index < -0.39 is 29.3 Å². The number of allylic oxidation sites excluding steroid dienone is 2. The quantitative estimate of drug-likeness (QED) is 0.556. The average molecular weight is 468 g/mol. The van der Waals surface area contributed by atoms with Crippen LogP contribution in [-0.4, -0.2) is 60.2 Å². The highest BCUT2D eigenvalue weighted by Crippen LogP contribution is 2.53. The Hall–Kier alpha value is -2.19. The lowest BCUT2D eigenvalue weighted by Gasteiger charge is -2.47. The number of ether oxygens (including phenoxy) is 1. The highest BCUT2D eigenvalue weighted by molar-refractivity contribution is 5.87. The van der Waals surface area contributed by atoms with Crippen LogP contribution in [-0.2, 0) is 9.53 Å². The topological polar surface area (TPSA) is 49.8 Å². The number of hydrogen-bond acceptors (Lipinski definition) is 3. The van der Waals surface area contributed by atoms with Crippen LogP contribution in [0.5, 0.6) is 0 Å². The maximum atomic E-state index is 15.1. The Morgan fingerprint density at radius 3 is 2.33 bits per heavy atom. The standard InChI is InChI=1S/C25H29F4NO3/c26-21-15-20(19-5-2-1-3-6-19)7-12-24(21,22(31)32)33-16-18-8-13-30(14-9-18)17-23(10-4-11-23)25(27,28)29/h1-3,5-7,12,15,18,21H,4,8-11,13-14,16-17H2,(H,31,32). The molecule has 180 valence electrons. The molecule has 2 aliphatic carbocycles. The van der Waals surface area contributed by atoms with E-state index >= 15 is 4.39 Å². The second kappa shape index (κ2) is 9.22. The van der Waals surface area contributed by atoms with Crippen molar-refractivity contribution >= 4 is 11.5 Å². The molecule has 1 N–H and O–H groups in total. The van der Waals surface area contributed by atoms with Gasteiger partial charge in [0.2, 0.25) is 5.60 Å². The van der Waals surface area contributed by atoms with Gasteiger partial charge in [-0.2, -0.15) is 13.2 Å². The number of carboxylic acids is 1. The van der Waals surface area contributed by atoms with Crippen molar-refractivity contribution in [3.05, 3.63) is 54.1 Å². The van der Waals surface area contributed by atoms with E-state index in [1.54, 1.807) is 6.08 Å². The van der Waals surface area contributed by atoms with Gasteiger partial charge >= 0.3 is 12.1 Å². The van der Waals surface area contributed by atoms with Gasteiger partial charge < -0.3 is 14.7 Å². The monoisotopic (exact) mass is 467 g/mol. The largest absolute Gasteiger partial charge is 0.479 e. The van der Waals surface area contributed by atoms with E-state index in [0.29, 0.717) is 37.9 Å². The SMILES string of the molecule is O=C(O)C1(OCC2CCN(CC3(C(F)(F)F)CCC3)CC2)C=CC(c2ccccc2)=CC1F. The number of piperidine rings is 1. The Morgan fingerprint density at radius 1 is 1.15 bits per heavy atom. The van der Waals surface area contributed by atoms with Crippen LogP contribution in [0.1, 0.15) is 37.7 Å². The summed E-state index contributed by atoms with van der Waals surface area (Å²) in [7, 11) is 0. The normalized spacial score (nSPS) is 28.2. The van der Waals surface area contributed by atoms with Crippen LogP contribution in [0.3, 0.4) is 0 Å². The first-order valence-corrected chi connectivity index (χ1v) is 11.4. The van der Waals surface area contributed by atoms with E-state index in [4.69, 9.17) is 4.74 Å². The van der Waals surface area contributed by atoms with Crippen LogP contribution in [0.25, 0.3) is 5.57 Å². The van der Waals surface area contributed by atoms with E-state index in [-0.39, 0.29) is 31.9 Å². The third-order valence-corrected chi connectivity index (χ3v) is 7.39. The number of carbonyl (C=O) groups is 1. The molecule has 0 aromatic heterocycles. The molecule has 2 unspecified atom stereocenters. The zero-order chi connectivity index (χ0) is 23.7. The van der Waals surface area contributed by atoms with Gasteiger partial charge in [0.25, 0.3) is 0 Å². The molecule has 4 nitrogen and oxygen atoms in total. The molecule has 1 aliphatic heterocycles. The lowest BCUT2D eigenvalue weighted by molar-refractivity contribution is -0.256. The van der Waals surface area contributed by atoms with Crippen molar-refractivity contribution in [3.8, 4) is 0 Å². The maximum Gasteiger partial charge on any atom is 0.395 e. The number of aliphatic carboxylic acids is 1. The second-order valence-corrected chi connectivity index (χ2v) is 9.48. The minimum Gasteiger partial charge on any atom is -0.479 e. The number of alkyl halides is 4. The van der Waals surface area contributed by atoms with Gasteiger partial charge in [-0.3, -0.25) is 0 Å². The van der Waals surface area contributed by atoms with E-state index in [1.165, 1.54) is 12.2 Å². The zero-order valence-corrected chi connectivity index (χ0v) is 18.4. The van der Waals surface area contributed by atoms with Gasteiger partial charge in [0.15, 0.2) is 6.17 Å². The molecule has 0 bridgehead atoms. The molecule has 1 heterocycles. The third kappa shape index (κ3) is 4.73. The number of halogens is 4. The average Bonchev–Trinajstić information content (AvgIpc) is 2.76. The van der Waals surface area contributed by atoms with Crippen molar-refractivity contribution in [1.29, 1.82) is 0 Å². The Bertz CT molecular complexity index is 902. The van der Waals surface area contributed by atoms with Crippen molar-refractivity contribution in [2.24, 2.45) is 11.3 Å². The number of likely N-dealkylation sites (tertiary alicyclic amines) is 1. The van der Waals surface area contributed by atoms with Gasteiger partial charge in [0.1, 0.15) is 0 Å². The summed E-state index contributed by atoms with van der Waals surface area (Å²) in [5.41, 5.74) is -2.31. The summed E-state index contributed by atoms with van der Waals surface area (Å²) in [6.45, 7) is 1.06. The van der Waals surface area contributed by atoms with Crippen molar-refractivity contribution in [3.63, 3.8) is 0 Å². The summed E-state index contributed by atoms with van der Waals surface area (Å²) in [6.07, 6.45) is 0.214. The summed E-state index contributed by atoms with van der Waals surface area (Å²) in [6, 6.07) is 9.12. The minimum absolute atomic E-state index is 0.0193. The van der Waals surface area contributed by atoms with Crippen LogP contribution in [0, 0.1) is 11.3 Å². The van der Waals surface area contributed by atoms with Crippen LogP contribution < -0.4 is 0 Å². The molecule has 1 saturated heterocycles. The predicted molar refractivity (Wildman–Crippen MR) is 116 cm³/mol. The fourth-order valence-corrected chi connectivity index (χ4v) is 4.97. The van der Waals surface area contributed by atoms with Crippen LogP contribution in [0.2, 0.25) is 0 Å². The molecule has 8 heteroatoms. The smallest absolute Gasteiger partial charge is 0.395 e. The molecule has 2 atom stereocenters.